The molecule has 3 amide bonds. The zero-order valence-corrected chi connectivity index (χ0v) is 10.5. The van der Waals surface area contributed by atoms with Crippen molar-refractivity contribution in [3.8, 4) is 0 Å². The van der Waals surface area contributed by atoms with Gasteiger partial charge in [-0.05, 0) is 18.2 Å². The van der Waals surface area contributed by atoms with Crippen LogP contribution in [0.15, 0.2) is 24.3 Å². The zero-order valence-electron chi connectivity index (χ0n) is 10.5. The summed E-state index contributed by atoms with van der Waals surface area (Å²) in [4.78, 5) is 33.4. The number of urea groups is 1. The van der Waals surface area contributed by atoms with Crippen LogP contribution in [0.25, 0.3) is 0 Å². The van der Waals surface area contributed by atoms with Crippen molar-refractivity contribution in [2.75, 3.05) is 11.9 Å². The lowest BCUT2D eigenvalue weighted by Crippen LogP contribution is -2.43. The van der Waals surface area contributed by atoms with Crippen molar-refractivity contribution >= 4 is 23.6 Å². The number of rotatable bonds is 6. The van der Waals surface area contributed by atoms with E-state index in [0.29, 0.717) is 5.69 Å². The van der Waals surface area contributed by atoms with Crippen LogP contribution in [0.3, 0.4) is 0 Å². The van der Waals surface area contributed by atoms with E-state index in [0.717, 1.165) is 0 Å². The molecular formula is C12H15N3O5. The maximum Gasteiger partial charge on any atom is 0.326 e. The Morgan fingerprint density at radius 2 is 2.00 bits per heavy atom. The van der Waals surface area contributed by atoms with Gasteiger partial charge in [0.1, 0.15) is 6.04 Å². The lowest BCUT2D eigenvalue weighted by Gasteiger charge is -2.14. The molecule has 0 saturated heterocycles. The third-order valence-electron chi connectivity index (χ3n) is 2.43. The van der Waals surface area contributed by atoms with Crippen molar-refractivity contribution in [3.63, 3.8) is 0 Å². The summed E-state index contributed by atoms with van der Waals surface area (Å²) in [7, 11) is 0. The Morgan fingerprint density at radius 3 is 2.55 bits per heavy atom. The molecule has 0 saturated carbocycles. The number of carboxylic acids is 1. The molecule has 0 bridgehead atoms. The van der Waals surface area contributed by atoms with Crippen LogP contribution in [0.4, 0.5) is 10.5 Å². The molecule has 1 atom stereocenters. The lowest BCUT2D eigenvalue weighted by molar-refractivity contribution is -0.139. The molecule has 0 unspecified atom stereocenters. The molecular weight excluding hydrogens is 266 g/mol. The van der Waals surface area contributed by atoms with Gasteiger partial charge in [-0.1, -0.05) is 6.07 Å². The fourth-order valence-corrected chi connectivity index (χ4v) is 1.46. The Kier molecular flexibility index (Phi) is 5.48. The molecule has 108 valence electrons. The van der Waals surface area contributed by atoms with Crippen molar-refractivity contribution in [3.05, 3.63) is 29.8 Å². The topological polar surface area (TPSA) is 142 Å². The monoisotopic (exact) mass is 281 g/mol. The van der Waals surface area contributed by atoms with E-state index >= 15 is 0 Å². The highest BCUT2D eigenvalue weighted by Crippen LogP contribution is 2.10. The second kappa shape index (κ2) is 7.10. The van der Waals surface area contributed by atoms with Crippen molar-refractivity contribution in [1.29, 1.82) is 0 Å². The van der Waals surface area contributed by atoms with Gasteiger partial charge in [0, 0.05) is 24.3 Å². The van der Waals surface area contributed by atoms with Gasteiger partial charge in [0.2, 0.25) is 5.91 Å². The number of hydrogen-bond acceptors (Lipinski definition) is 4. The van der Waals surface area contributed by atoms with Gasteiger partial charge in [-0.2, -0.15) is 0 Å². The molecule has 1 aromatic rings. The summed E-state index contributed by atoms with van der Waals surface area (Å²) in [5.41, 5.74) is 5.61. The van der Waals surface area contributed by atoms with Crippen molar-refractivity contribution < 1.29 is 24.6 Å². The number of aliphatic hydroxyl groups excluding tert-OH is 1. The second-order valence-electron chi connectivity index (χ2n) is 3.95. The number of amides is 3. The van der Waals surface area contributed by atoms with E-state index < -0.39 is 23.9 Å². The number of anilines is 1. The molecule has 0 fully saturated rings. The van der Waals surface area contributed by atoms with Crippen LogP contribution in [-0.2, 0) is 4.79 Å². The quantitative estimate of drug-likeness (QED) is 0.488. The molecule has 1 aromatic carbocycles. The summed E-state index contributed by atoms with van der Waals surface area (Å²) in [6.45, 7) is -0.367. The van der Waals surface area contributed by atoms with Crippen molar-refractivity contribution in [1.82, 2.24) is 5.32 Å². The van der Waals surface area contributed by atoms with E-state index in [1.54, 1.807) is 0 Å². The highest BCUT2D eigenvalue weighted by Gasteiger charge is 2.19. The molecule has 8 heteroatoms. The van der Waals surface area contributed by atoms with Gasteiger partial charge in [-0.3, -0.25) is 4.79 Å². The second-order valence-corrected chi connectivity index (χ2v) is 3.95. The summed E-state index contributed by atoms with van der Waals surface area (Å²) in [5, 5.41) is 22.1. The van der Waals surface area contributed by atoms with Gasteiger partial charge < -0.3 is 26.6 Å². The maximum absolute atomic E-state index is 11.6. The minimum atomic E-state index is -1.25. The van der Waals surface area contributed by atoms with Crippen LogP contribution in [0.1, 0.15) is 16.8 Å². The summed E-state index contributed by atoms with van der Waals surface area (Å²) < 4.78 is 0. The van der Waals surface area contributed by atoms with Gasteiger partial charge in [-0.25, -0.2) is 9.59 Å². The number of aliphatic carboxylic acids is 1. The molecule has 1 rings (SSSR count). The third-order valence-corrected chi connectivity index (χ3v) is 2.43. The standard InChI is InChI=1S/C12H15N3O5/c13-10(17)7-2-1-3-8(6-7)14-12(20)15-9(4-5-16)11(18)19/h1-3,6,9,16H,4-5H2,(H2,13,17)(H,18,19)(H2,14,15,20)/t9-/m0/s1. The molecule has 0 heterocycles. The van der Waals surface area contributed by atoms with E-state index in [-0.39, 0.29) is 18.6 Å². The van der Waals surface area contributed by atoms with Crippen molar-refractivity contribution in [2.24, 2.45) is 5.73 Å². The molecule has 8 nitrogen and oxygen atoms in total. The molecule has 0 aliphatic carbocycles. The first kappa shape index (κ1) is 15.4. The summed E-state index contributed by atoms with van der Waals surface area (Å²) >= 11 is 0. The van der Waals surface area contributed by atoms with Crippen molar-refractivity contribution in [2.45, 2.75) is 12.5 Å². The van der Waals surface area contributed by atoms with E-state index in [1.165, 1.54) is 24.3 Å². The number of aliphatic hydroxyl groups is 1. The van der Waals surface area contributed by atoms with Crippen LogP contribution >= 0.6 is 0 Å². The van der Waals surface area contributed by atoms with Gasteiger partial charge in [0.15, 0.2) is 0 Å². The predicted octanol–water partition coefficient (Wildman–Crippen LogP) is -0.257. The summed E-state index contributed by atoms with van der Waals surface area (Å²) in [6.07, 6.45) is -0.107. The normalized spacial score (nSPS) is 11.4. The minimum Gasteiger partial charge on any atom is -0.480 e. The Hall–Kier alpha value is -2.61. The number of nitrogens with one attached hydrogen (secondary N) is 2. The van der Waals surface area contributed by atoms with Crippen LogP contribution in [0.2, 0.25) is 0 Å². The Bertz CT molecular complexity index is 518. The van der Waals surface area contributed by atoms with E-state index in [4.69, 9.17) is 15.9 Å². The summed E-state index contributed by atoms with van der Waals surface area (Å²) in [5.74, 6) is -1.89. The number of carboxylic acid groups (broad SMARTS) is 1. The van der Waals surface area contributed by atoms with E-state index in [2.05, 4.69) is 10.6 Å². The number of hydrogen-bond donors (Lipinski definition) is 5. The first-order valence-corrected chi connectivity index (χ1v) is 5.75. The van der Waals surface area contributed by atoms with E-state index in [1.807, 2.05) is 0 Å². The fraction of sp³-hybridized carbons (Fsp3) is 0.250. The van der Waals surface area contributed by atoms with Gasteiger partial charge in [0.05, 0.1) is 0 Å². The smallest absolute Gasteiger partial charge is 0.326 e. The molecule has 0 radical (unpaired) electrons. The average Bonchev–Trinajstić information content (AvgIpc) is 2.38. The van der Waals surface area contributed by atoms with E-state index in [9.17, 15) is 14.4 Å². The minimum absolute atomic E-state index is 0.107. The maximum atomic E-state index is 11.6. The van der Waals surface area contributed by atoms with Crippen LogP contribution < -0.4 is 16.4 Å². The number of benzene rings is 1. The average molecular weight is 281 g/mol. The SMILES string of the molecule is NC(=O)c1cccc(NC(=O)N[C@@H](CCO)C(=O)O)c1. The fourth-order valence-electron chi connectivity index (χ4n) is 1.46. The van der Waals surface area contributed by atoms with Crippen LogP contribution in [0.5, 0.6) is 0 Å². The van der Waals surface area contributed by atoms with Crippen LogP contribution in [-0.4, -0.2) is 40.8 Å². The lowest BCUT2D eigenvalue weighted by atomic mass is 10.2. The molecule has 0 spiro atoms. The van der Waals surface area contributed by atoms with Gasteiger partial charge in [0.25, 0.3) is 0 Å². The summed E-state index contributed by atoms with van der Waals surface area (Å²) in [6, 6.07) is 3.94. The third kappa shape index (κ3) is 4.58. The first-order chi connectivity index (χ1) is 9.43. The largest absolute Gasteiger partial charge is 0.480 e. The predicted molar refractivity (Wildman–Crippen MR) is 70.2 cm³/mol. The highest BCUT2D eigenvalue weighted by atomic mass is 16.4. The molecule has 6 N–H and O–H groups in total. The Morgan fingerprint density at radius 1 is 1.30 bits per heavy atom. The van der Waals surface area contributed by atoms with Crippen LogP contribution in [0, 0.1) is 0 Å². The molecule has 0 aliphatic rings. The number of carbonyl (C=O) groups excluding carboxylic acids is 2. The highest BCUT2D eigenvalue weighted by molar-refractivity contribution is 5.96. The number of carbonyl (C=O) groups is 3. The molecule has 0 aliphatic heterocycles. The van der Waals surface area contributed by atoms with Gasteiger partial charge in [-0.15, -0.1) is 0 Å². The Labute approximate surface area is 114 Å². The first-order valence-electron chi connectivity index (χ1n) is 5.75. The Balaban J connectivity index is 2.68. The van der Waals surface area contributed by atoms with Gasteiger partial charge >= 0.3 is 12.0 Å². The molecule has 20 heavy (non-hydrogen) atoms. The zero-order chi connectivity index (χ0) is 15.1. The number of nitrogens with two attached hydrogens (primary N) is 1. The molecule has 0 aromatic heterocycles. The number of primary amides is 1.